The van der Waals surface area contributed by atoms with Crippen LogP contribution in [-0.2, 0) is 6.42 Å². The first kappa shape index (κ1) is 22.5. The maximum atomic E-state index is 13.4. The Morgan fingerprint density at radius 3 is 2.74 bits per heavy atom. The molecule has 2 aromatic carbocycles. The van der Waals surface area contributed by atoms with Crippen molar-refractivity contribution in [2.24, 2.45) is 0 Å². The molecule has 1 N–H and O–H groups in total. The number of halogens is 1. The molecule has 1 amide bonds. The molecule has 34 heavy (non-hydrogen) atoms. The number of likely N-dealkylation sites (tertiary alicyclic amines) is 2. The van der Waals surface area contributed by atoms with Gasteiger partial charge in [-0.2, -0.15) is 5.10 Å². The number of rotatable bonds is 8. The van der Waals surface area contributed by atoms with Gasteiger partial charge in [0.1, 0.15) is 24.0 Å². The Labute approximate surface area is 198 Å². The first-order chi connectivity index (χ1) is 16.7. The van der Waals surface area contributed by atoms with E-state index in [9.17, 15) is 9.18 Å². The van der Waals surface area contributed by atoms with Crippen molar-refractivity contribution in [2.45, 2.75) is 38.1 Å². The van der Waals surface area contributed by atoms with Crippen LogP contribution >= 0.6 is 0 Å². The lowest BCUT2D eigenvalue weighted by Crippen LogP contribution is -2.31. The molecule has 0 bridgehead atoms. The fourth-order valence-corrected chi connectivity index (χ4v) is 4.80. The number of H-pyrrole nitrogens is 1. The van der Waals surface area contributed by atoms with Gasteiger partial charge in [0.05, 0.1) is 6.04 Å². The second-order valence-corrected chi connectivity index (χ2v) is 9.03. The molecule has 0 aliphatic carbocycles. The van der Waals surface area contributed by atoms with E-state index in [1.54, 1.807) is 12.1 Å². The number of hydrogen-bond acceptors (Lipinski definition) is 5. The third kappa shape index (κ3) is 5.28. The van der Waals surface area contributed by atoms with Crippen LogP contribution in [0.25, 0.3) is 0 Å². The molecule has 2 saturated heterocycles. The molecule has 2 aliphatic rings. The van der Waals surface area contributed by atoms with E-state index in [1.807, 2.05) is 29.2 Å². The molecule has 5 rings (SSSR count). The van der Waals surface area contributed by atoms with E-state index in [1.165, 1.54) is 25.0 Å². The Balaban J connectivity index is 1.22. The minimum Gasteiger partial charge on any atom is -0.492 e. The maximum Gasteiger partial charge on any atom is 0.254 e. The van der Waals surface area contributed by atoms with Crippen LogP contribution in [0.1, 0.15) is 59.3 Å². The zero-order chi connectivity index (χ0) is 23.3. The summed E-state index contributed by atoms with van der Waals surface area (Å²) in [6.07, 6.45) is 4.79. The Morgan fingerprint density at radius 2 is 1.91 bits per heavy atom. The van der Waals surface area contributed by atoms with E-state index in [0.29, 0.717) is 36.8 Å². The van der Waals surface area contributed by atoms with Gasteiger partial charge in [-0.15, -0.1) is 0 Å². The summed E-state index contributed by atoms with van der Waals surface area (Å²) in [6, 6.07) is 13.6. The number of nitrogens with one attached hydrogen (secondary N) is 1. The lowest BCUT2D eigenvalue weighted by Gasteiger charge is -2.23. The second-order valence-electron chi connectivity index (χ2n) is 9.03. The number of hydrogen-bond donors (Lipinski definition) is 1. The third-order valence-electron chi connectivity index (χ3n) is 6.60. The second kappa shape index (κ2) is 10.3. The van der Waals surface area contributed by atoms with Crippen LogP contribution in [0.15, 0.2) is 48.5 Å². The van der Waals surface area contributed by atoms with Crippen LogP contribution in [0.2, 0.25) is 0 Å². The van der Waals surface area contributed by atoms with Crippen molar-refractivity contribution in [1.29, 1.82) is 0 Å². The molecule has 178 valence electrons. The van der Waals surface area contributed by atoms with Crippen LogP contribution in [0, 0.1) is 5.82 Å². The number of carbonyl (C=O) groups is 1. The van der Waals surface area contributed by atoms with Crippen molar-refractivity contribution >= 4 is 5.91 Å². The third-order valence-corrected chi connectivity index (χ3v) is 6.60. The quantitative estimate of drug-likeness (QED) is 0.547. The number of benzene rings is 2. The van der Waals surface area contributed by atoms with Crippen LogP contribution in [0.5, 0.6) is 5.75 Å². The molecule has 0 spiro atoms. The van der Waals surface area contributed by atoms with Crippen LogP contribution in [0.4, 0.5) is 4.39 Å². The SMILES string of the molecule is O=C(c1cccc(OCCN2CCCC2)c1)N1CCC[C@H]1c1n[nH]c(Cc2ccc(F)cc2)n1. The lowest BCUT2D eigenvalue weighted by molar-refractivity contribution is 0.0729. The molecule has 3 aromatic rings. The Hall–Kier alpha value is -3.26. The van der Waals surface area contributed by atoms with Gasteiger partial charge in [-0.05, 0) is 74.7 Å². The smallest absolute Gasteiger partial charge is 0.254 e. The lowest BCUT2D eigenvalue weighted by atomic mass is 10.1. The summed E-state index contributed by atoms with van der Waals surface area (Å²) < 4.78 is 19.1. The zero-order valence-electron chi connectivity index (χ0n) is 19.3. The topological polar surface area (TPSA) is 74.3 Å². The monoisotopic (exact) mass is 463 g/mol. The molecule has 2 aliphatic heterocycles. The first-order valence-corrected chi connectivity index (χ1v) is 12.1. The summed E-state index contributed by atoms with van der Waals surface area (Å²) in [7, 11) is 0. The van der Waals surface area contributed by atoms with Gasteiger partial charge in [0.25, 0.3) is 5.91 Å². The summed E-state index contributed by atoms with van der Waals surface area (Å²) in [5, 5.41) is 7.38. The molecular weight excluding hydrogens is 433 g/mol. The Kier molecular flexibility index (Phi) is 6.85. The number of aromatic amines is 1. The van der Waals surface area contributed by atoms with Crippen molar-refractivity contribution in [3.8, 4) is 5.75 Å². The van der Waals surface area contributed by atoms with Gasteiger partial charge in [-0.1, -0.05) is 18.2 Å². The predicted molar refractivity (Wildman–Crippen MR) is 126 cm³/mol. The summed E-state index contributed by atoms with van der Waals surface area (Å²) in [6.45, 7) is 4.50. The average Bonchev–Trinajstić information content (AvgIpc) is 3.62. The normalized spacial score (nSPS) is 18.5. The molecule has 7 nitrogen and oxygen atoms in total. The highest BCUT2D eigenvalue weighted by molar-refractivity contribution is 5.95. The fourth-order valence-electron chi connectivity index (χ4n) is 4.80. The number of nitrogens with zero attached hydrogens (tertiary/aromatic N) is 4. The van der Waals surface area contributed by atoms with Gasteiger partial charge >= 0.3 is 0 Å². The van der Waals surface area contributed by atoms with Gasteiger partial charge in [-0.3, -0.25) is 14.8 Å². The molecule has 8 heteroatoms. The van der Waals surface area contributed by atoms with E-state index in [2.05, 4.69) is 20.1 Å². The molecule has 1 atom stereocenters. The van der Waals surface area contributed by atoms with Crippen LogP contribution in [0.3, 0.4) is 0 Å². The first-order valence-electron chi connectivity index (χ1n) is 12.1. The summed E-state index contributed by atoms with van der Waals surface area (Å²) in [5.41, 5.74) is 1.57. The molecule has 2 fully saturated rings. The highest BCUT2D eigenvalue weighted by Gasteiger charge is 2.33. The largest absolute Gasteiger partial charge is 0.492 e. The molecule has 1 aromatic heterocycles. The fraction of sp³-hybridized carbons (Fsp3) is 0.423. The van der Waals surface area contributed by atoms with E-state index in [-0.39, 0.29) is 17.8 Å². The molecule has 0 radical (unpaired) electrons. The minimum absolute atomic E-state index is 0.0302. The van der Waals surface area contributed by atoms with Crippen LogP contribution in [-0.4, -0.2) is 63.7 Å². The van der Waals surface area contributed by atoms with Crippen molar-refractivity contribution in [1.82, 2.24) is 25.0 Å². The van der Waals surface area contributed by atoms with E-state index in [0.717, 1.165) is 43.8 Å². The molecule has 0 saturated carbocycles. The number of amides is 1. The van der Waals surface area contributed by atoms with Gasteiger partial charge in [-0.25, -0.2) is 9.37 Å². The number of ether oxygens (including phenoxy) is 1. The van der Waals surface area contributed by atoms with Crippen molar-refractivity contribution in [3.63, 3.8) is 0 Å². The minimum atomic E-state index is -0.261. The molecule has 0 unspecified atom stereocenters. The standard InChI is InChI=1S/C26H30FN5O2/c27-21-10-8-19(9-11-21)17-24-28-25(30-29-24)23-7-4-14-32(23)26(33)20-5-3-6-22(18-20)34-16-15-31-12-1-2-13-31/h3,5-6,8-11,18,23H,1-2,4,7,12-17H2,(H,28,29,30)/t23-/m0/s1. The van der Waals surface area contributed by atoms with E-state index >= 15 is 0 Å². The van der Waals surface area contributed by atoms with Gasteiger partial charge < -0.3 is 9.64 Å². The van der Waals surface area contributed by atoms with Gasteiger partial charge in [0.2, 0.25) is 0 Å². The summed E-state index contributed by atoms with van der Waals surface area (Å²) >= 11 is 0. The number of aromatic nitrogens is 3. The highest BCUT2D eigenvalue weighted by atomic mass is 19.1. The van der Waals surface area contributed by atoms with Gasteiger partial charge in [0.15, 0.2) is 5.82 Å². The van der Waals surface area contributed by atoms with Crippen molar-refractivity contribution < 1.29 is 13.9 Å². The zero-order valence-corrected chi connectivity index (χ0v) is 19.3. The summed E-state index contributed by atoms with van der Waals surface area (Å²) in [5.74, 6) is 1.76. The van der Waals surface area contributed by atoms with Crippen molar-refractivity contribution in [3.05, 3.63) is 77.1 Å². The Morgan fingerprint density at radius 1 is 1.09 bits per heavy atom. The van der Waals surface area contributed by atoms with E-state index < -0.39 is 0 Å². The highest BCUT2D eigenvalue weighted by Crippen LogP contribution is 2.32. The summed E-state index contributed by atoms with van der Waals surface area (Å²) in [4.78, 5) is 22.3. The number of carbonyl (C=O) groups excluding carboxylic acids is 1. The van der Waals surface area contributed by atoms with Gasteiger partial charge in [0, 0.05) is 25.1 Å². The predicted octanol–water partition coefficient (Wildman–Crippen LogP) is 3.99. The van der Waals surface area contributed by atoms with Crippen molar-refractivity contribution in [2.75, 3.05) is 32.8 Å². The molecule has 3 heterocycles. The Bertz CT molecular complexity index is 1110. The van der Waals surface area contributed by atoms with E-state index in [4.69, 9.17) is 4.74 Å². The average molecular weight is 464 g/mol. The van der Waals surface area contributed by atoms with Crippen LogP contribution < -0.4 is 4.74 Å². The molecular formula is C26H30FN5O2. The maximum absolute atomic E-state index is 13.4.